The molecule has 2 atom stereocenters. The van der Waals surface area contributed by atoms with E-state index in [0.29, 0.717) is 6.04 Å². The summed E-state index contributed by atoms with van der Waals surface area (Å²) in [4.78, 5) is 6.03. The Labute approximate surface area is 118 Å². The highest BCUT2D eigenvalue weighted by molar-refractivity contribution is 7.16. The van der Waals surface area contributed by atoms with Crippen molar-refractivity contribution < 1.29 is 0 Å². The number of halogens is 1. The first-order valence-corrected chi connectivity index (χ1v) is 7.38. The van der Waals surface area contributed by atoms with Crippen molar-refractivity contribution in [2.45, 2.75) is 18.5 Å². The van der Waals surface area contributed by atoms with Gasteiger partial charge in [-0.25, -0.2) is 0 Å². The first-order chi connectivity index (χ1) is 8.60. The summed E-state index contributed by atoms with van der Waals surface area (Å²) in [6.45, 7) is 3.25. The van der Waals surface area contributed by atoms with Gasteiger partial charge in [0.15, 0.2) is 0 Å². The number of likely N-dealkylation sites (N-methyl/N-ethyl adjacent to an activating group) is 2. The Bertz CT molecular complexity index is 384. The van der Waals surface area contributed by atoms with Crippen LogP contribution >= 0.6 is 22.9 Å². The maximum atomic E-state index is 5.97. The van der Waals surface area contributed by atoms with E-state index >= 15 is 0 Å². The van der Waals surface area contributed by atoms with Crippen LogP contribution in [0.4, 0.5) is 0 Å². The monoisotopic (exact) mass is 288 g/mol. The molecule has 0 aliphatic carbocycles. The molecule has 18 heavy (non-hydrogen) atoms. The maximum absolute atomic E-state index is 5.97. The molecule has 0 spiro atoms. The minimum absolute atomic E-state index is 0.257. The second-order valence-corrected chi connectivity index (χ2v) is 6.79. The van der Waals surface area contributed by atoms with E-state index in [-0.39, 0.29) is 6.04 Å². The van der Waals surface area contributed by atoms with Crippen LogP contribution in [0.5, 0.6) is 0 Å². The molecule has 3 N–H and O–H groups in total. The lowest BCUT2D eigenvalue weighted by molar-refractivity contribution is 0.0879. The molecule has 1 aromatic heterocycles. The summed E-state index contributed by atoms with van der Waals surface area (Å²) in [5.41, 5.74) is 2.98. The molecule has 1 saturated heterocycles. The fourth-order valence-corrected chi connectivity index (χ4v) is 3.61. The van der Waals surface area contributed by atoms with Gasteiger partial charge in [0.2, 0.25) is 0 Å². The van der Waals surface area contributed by atoms with Crippen molar-refractivity contribution in [3.05, 3.63) is 21.3 Å². The van der Waals surface area contributed by atoms with Gasteiger partial charge < -0.3 is 4.90 Å². The Kier molecular flexibility index (Phi) is 5.00. The molecular weight excluding hydrogens is 268 g/mol. The Hall–Kier alpha value is -0.170. The van der Waals surface area contributed by atoms with Crippen LogP contribution in [0, 0.1) is 0 Å². The summed E-state index contributed by atoms with van der Waals surface area (Å²) >= 11 is 7.61. The lowest BCUT2D eigenvalue weighted by atomic mass is 10.0. The smallest absolute Gasteiger partial charge is 0.0931 e. The molecule has 0 aromatic carbocycles. The predicted octanol–water partition coefficient (Wildman–Crippen LogP) is 1.02. The third-order valence-electron chi connectivity index (χ3n) is 3.63. The minimum atomic E-state index is 0.257. The quantitative estimate of drug-likeness (QED) is 0.641. The molecule has 2 rings (SSSR count). The highest BCUT2D eigenvalue weighted by atomic mass is 35.5. The van der Waals surface area contributed by atoms with Gasteiger partial charge in [-0.2, -0.15) is 0 Å². The summed E-state index contributed by atoms with van der Waals surface area (Å²) in [6.07, 6.45) is 0.927. The van der Waals surface area contributed by atoms with E-state index in [9.17, 15) is 0 Å². The SMILES string of the molecule is CN1CCN(C)C(C(Cc2ccc(Cl)s2)NN)C1. The molecule has 1 aliphatic heterocycles. The maximum Gasteiger partial charge on any atom is 0.0931 e. The largest absolute Gasteiger partial charge is 0.303 e. The van der Waals surface area contributed by atoms with Crippen LogP contribution in [0.15, 0.2) is 12.1 Å². The number of rotatable bonds is 4. The zero-order chi connectivity index (χ0) is 13.1. The van der Waals surface area contributed by atoms with Crippen molar-refractivity contribution in [3.8, 4) is 0 Å². The topological polar surface area (TPSA) is 44.5 Å². The van der Waals surface area contributed by atoms with Gasteiger partial charge in [-0.15, -0.1) is 11.3 Å². The van der Waals surface area contributed by atoms with Gasteiger partial charge in [-0.05, 0) is 26.2 Å². The number of hydrogen-bond donors (Lipinski definition) is 2. The highest BCUT2D eigenvalue weighted by Gasteiger charge is 2.29. The third-order valence-corrected chi connectivity index (χ3v) is 4.88. The molecule has 102 valence electrons. The molecule has 1 fully saturated rings. The molecule has 2 heterocycles. The van der Waals surface area contributed by atoms with Gasteiger partial charge in [0, 0.05) is 43.0 Å². The van der Waals surface area contributed by atoms with Crippen molar-refractivity contribution in [1.82, 2.24) is 15.2 Å². The number of hydrazine groups is 1. The van der Waals surface area contributed by atoms with Crippen molar-refractivity contribution >= 4 is 22.9 Å². The van der Waals surface area contributed by atoms with Gasteiger partial charge in [0.05, 0.1) is 4.34 Å². The van der Waals surface area contributed by atoms with Gasteiger partial charge in [-0.1, -0.05) is 11.6 Å². The van der Waals surface area contributed by atoms with E-state index < -0.39 is 0 Å². The van der Waals surface area contributed by atoms with Crippen molar-refractivity contribution in [3.63, 3.8) is 0 Å². The number of nitrogens with zero attached hydrogens (tertiary/aromatic N) is 2. The van der Waals surface area contributed by atoms with Crippen molar-refractivity contribution in [1.29, 1.82) is 0 Å². The summed E-state index contributed by atoms with van der Waals surface area (Å²) < 4.78 is 0.842. The third kappa shape index (κ3) is 3.44. The van der Waals surface area contributed by atoms with E-state index in [1.54, 1.807) is 11.3 Å². The summed E-state index contributed by atoms with van der Waals surface area (Å²) in [6, 6.07) is 4.73. The van der Waals surface area contributed by atoms with Crippen LogP contribution in [0.3, 0.4) is 0 Å². The van der Waals surface area contributed by atoms with Gasteiger partial charge in [0.25, 0.3) is 0 Å². The standard InChI is InChI=1S/C12H21ClN4S/c1-16-5-6-17(2)11(8-16)10(15-14)7-9-3-4-12(13)18-9/h3-4,10-11,15H,5-8,14H2,1-2H3. The van der Waals surface area contributed by atoms with E-state index in [4.69, 9.17) is 17.4 Å². The summed E-state index contributed by atoms with van der Waals surface area (Å²) in [5.74, 6) is 5.74. The molecule has 1 aliphatic rings. The van der Waals surface area contributed by atoms with E-state index in [1.807, 2.05) is 6.07 Å². The molecular formula is C12H21ClN4S. The lowest BCUT2D eigenvalue weighted by Crippen LogP contribution is -2.60. The van der Waals surface area contributed by atoms with Gasteiger partial charge in [0.1, 0.15) is 0 Å². The van der Waals surface area contributed by atoms with Crippen LogP contribution in [0.1, 0.15) is 4.88 Å². The van der Waals surface area contributed by atoms with Gasteiger partial charge in [-0.3, -0.25) is 16.2 Å². The van der Waals surface area contributed by atoms with Crippen LogP contribution < -0.4 is 11.3 Å². The molecule has 6 heteroatoms. The Balaban J connectivity index is 2.02. The second kappa shape index (κ2) is 6.32. The molecule has 2 unspecified atom stereocenters. The minimum Gasteiger partial charge on any atom is -0.303 e. The van der Waals surface area contributed by atoms with Crippen molar-refractivity contribution in [2.75, 3.05) is 33.7 Å². The average Bonchev–Trinajstić information content (AvgIpc) is 2.75. The number of piperazine rings is 1. The zero-order valence-corrected chi connectivity index (χ0v) is 12.5. The van der Waals surface area contributed by atoms with E-state index in [2.05, 4.69) is 35.4 Å². The normalized spacial score (nSPS) is 24.3. The number of hydrogen-bond acceptors (Lipinski definition) is 5. The van der Waals surface area contributed by atoms with Crippen LogP contribution in [-0.4, -0.2) is 55.6 Å². The Morgan fingerprint density at radius 2 is 2.28 bits per heavy atom. The molecule has 0 amide bonds. The van der Waals surface area contributed by atoms with Crippen LogP contribution in [0.25, 0.3) is 0 Å². The zero-order valence-electron chi connectivity index (χ0n) is 10.9. The molecule has 1 aromatic rings. The molecule has 4 nitrogen and oxygen atoms in total. The van der Waals surface area contributed by atoms with Crippen LogP contribution in [0.2, 0.25) is 4.34 Å². The second-order valence-electron chi connectivity index (χ2n) is 4.99. The first kappa shape index (κ1) is 14.2. The number of nitrogens with two attached hydrogens (primary N) is 1. The highest BCUT2D eigenvalue weighted by Crippen LogP contribution is 2.24. The fraction of sp³-hybridized carbons (Fsp3) is 0.667. The lowest BCUT2D eigenvalue weighted by Gasteiger charge is -2.41. The van der Waals surface area contributed by atoms with Crippen molar-refractivity contribution in [2.24, 2.45) is 5.84 Å². The van der Waals surface area contributed by atoms with E-state index in [1.165, 1.54) is 4.88 Å². The number of thiophene rings is 1. The number of nitrogens with one attached hydrogen (secondary N) is 1. The summed E-state index contributed by atoms with van der Waals surface area (Å²) in [7, 11) is 4.33. The Morgan fingerprint density at radius 3 is 2.89 bits per heavy atom. The fourth-order valence-electron chi connectivity index (χ4n) is 2.46. The first-order valence-electron chi connectivity index (χ1n) is 6.19. The Morgan fingerprint density at radius 1 is 1.50 bits per heavy atom. The van der Waals surface area contributed by atoms with Crippen LogP contribution in [-0.2, 0) is 6.42 Å². The molecule has 0 saturated carbocycles. The van der Waals surface area contributed by atoms with E-state index in [0.717, 1.165) is 30.4 Å². The molecule has 0 radical (unpaired) electrons. The predicted molar refractivity (Wildman–Crippen MR) is 78.1 cm³/mol. The molecule has 0 bridgehead atoms. The summed E-state index contributed by atoms with van der Waals surface area (Å²) in [5, 5.41) is 0. The average molecular weight is 289 g/mol. The van der Waals surface area contributed by atoms with Gasteiger partial charge >= 0.3 is 0 Å².